The van der Waals surface area contributed by atoms with Crippen LogP contribution in [0.25, 0.3) is 0 Å². The van der Waals surface area contributed by atoms with E-state index in [2.05, 4.69) is 4.72 Å². The number of carbonyl (C=O) groups excluding carboxylic acids is 1. The largest absolute Gasteiger partial charge is 0.497 e. The first kappa shape index (κ1) is 23.9. The number of methoxy groups -OCH3 is 2. The molecular weight excluding hydrogens is 482 g/mol. The zero-order valence-corrected chi connectivity index (χ0v) is 20.8. The van der Waals surface area contributed by atoms with E-state index in [9.17, 15) is 18.0 Å². The minimum absolute atomic E-state index is 0.000330. The molecule has 1 amide bonds. The summed E-state index contributed by atoms with van der Waals surface area (Å²) in [6.07, 6.45) is 0.878. The van der Waals surface area contributed by atoms with E-state index in [1.807, 2.05) is 4.90 Å². The van der Waals surface area contributed by atoms with Crippen LogP contribution in [0.4, 0.5) is 5.69 Å². The fraction of sp³-hybridized carbons (Fsp3) is 0.308. The molecule has 0 radical (unpaired) electrons. The molecule has 1 aromatic heterocycles. The molecule has 1 fully saturated rings. The van der Waals surface area contributed by atoms with E-state index in [1.165, 1.54) is 25.3 Å². The lowest BCUT2D eigenvalue weighted by Gasteiger charge is -2.43. The van der Waals surface area contributed by atoms with Gasteiger partial charge in [-0.25, -0.2) is 8.42 Å². The summed E-state index contributed by atoms with van der Waals surface area (Å²) < 4.78 is 40.1. The molecule has 2 aliphatic rings. The highest BCUT2D eigenvalue weighted by molar-refractivity contribution is 7.92. The van der Waals surface area contributed by atoms with Crippen molar-refractivity contribution in [1.29, 1.82) is 0 Å². The molecule has 0 spiro atoms. The molecule has 2 aromatic carbocycles. The van der Waals surface area contributed by atoms with Gasteiger partial charge in [-0.2, -0.15) is 0 Å². The molecule has 5 rings (SSSR count). The number of sulfonamides is 1. The molecule has 10 heteroatoms. The van der Waals surface area contributed by atoms with E-state index in [1.54, 1.807) is 54.1 Å². The SMILES string of the molecule is COc1ccc(C(=O)N2C[C@@H]3C[C@H](C2)c2ccc(NS(=O)(=O)c4ccc(OC)cc4)c(=O)n2C3)cc1. The zero-order valence-electron chi connectivity index (χ0n) is 20.0. The van der Waals surface area contributed by atoms with Gasteiger partial charge < -0.3 is 18.9 Å². The van der Waals surface area contributed by atoms with Crippen molar-refractivity contribution < 1.29 is 22.7 Å². The summed E-state index contributed by atoms with van der Waals surface area (Å²) >= 11 is 0. The van der Waals surface area contributed by atoms with Gasteiger partial charge >= 0.3 is 0 Å². The Morgan fingerprint density at radius 1 is 0.889 bits per heavy atom. The van der Waals surface area contributed by atoms with Crippen LogP contribution in [-0.4, -0.2) is 51.1 Å². The van der Waals surface area contributed by atoms with Crippen LogP contribution in [0.5, 0.6) is 11.5 Å². The van der Waals surface area contributed by atoms with Gasteiger partial charge in [-0.15, -0.1) is 0 Å². The van der Waals surface area contributed by atoms with Crippen molar-refractivity contribution in [1.82, 2.24) is 9.47 Å². The van der Waals surface area contributed by atoms with Gasteiger partial charge in [-0.05, 0) is 73.0 Å². The molecule has 1 N–H and O–H groups in total. The van der Waals surface area contributed by atoms with Crippen LogP contribution < -0.4 is 19.8 Å². The van der Waals surface area contributed by atoms with Crippen molar-refractivity contribution in [3.05, 3.63) is 82.3 Å². The number of hydrogen-bond acceptors (Lipinski definition) is 6. The Morgan fingerprint density at radius 2 is 1.53 bits per heavy atom. The molecule has 0 saturated carbocycles. The lowest BCUT2D eigenvalue weighted by molar-refractivity contribution is 0.0594. The van der Waals surface area contributed by atoms with Crippen LogP contribution in [0.2, 0.25) is 0 Å². The monoisotopic (exact) mass is 509 g/mol. The summed E-state index contributed by atoms with van der Waals surface area (Å²) in [7, 11) is -0.862. The number of carbonyl (C=O) groups is 1. The molecule has 3 heterocycles. The number of anilines is 1. The molecule has 188 valence electrons. The van der Waals surface area contributed by atoms with Crippen LogP contribution in [0.15, 0.2) is 70.4 Å². The lowest BCUT2D eigenvalue weighted by Crippen LogP contribution is -2.49. The van der Waals surface area contributed by atoms with Crippen molar-refractivity contribution >= 4 is 21.6 Å². The number of hydrogen-bond donors (Lipinski definition) is 1. The smallest absolute Gasteiger partial charge is 0.275 e. The molecule has 2 aliphatic heterocycles. The van der Waals surface area contributed by atoms with E-state index < -0.39 is 10.0 Å². The van der Waals surface area contributed by atoms with Gasteiger partial charge in [-0.1, -0.05) is 0 Å². The number of pyridine rings is 1. The summed E-state index contributed by atoms with van der Waals surface area (Å²) in [5.41, 5.74) is 1.03. The van der Waals surface area contributed by atoms with Gasteiger partial charge in [0.25, 0.3) is 21.5 Å². The third-order valence-electron chi connectivity index (χ3n) is 6.84. The number of aromatic nitrogens is 1. The van der Waals surface area contributed by atoms with Gasteiger partial charge in [0, 0.05) is 36.8 Å². The number of ether oxygens (including phenoxy) is 2. The summed E-state index contributed by atoms with van der Waals surface area (Å²) in [5, 5.41) is 0. The number of nitrogens with one attached hydrogen (secondary N) is 1. The first-order valence-electron chi connectivity index (χ1n) is 11.6. The zero-order chi connectivity index (χ0) is 25.4. The highest BCUT2D eigenvalue weighted by atomic mass is 32.2. The maximum Gasteiger partial charge on any atom is 0.275 e. The number of piperidine rings is 1. The molecular formula is C26H27N3O6S. The molecule has 3 aromatic rings. The third-order valence-corrected chi connectivity index (χ3v) is 8.22. The second kappa shape index (κ2) is 9.34. The third kappa shape index (κ3) is 4.44. The normalized spacial score (nSPS) is 18.8. The van der Waals surface area contributed by atoms with Gasteiger partial charge in [0.2, 0.25) is 0 Å². The van der Waals surface area contributed by atoms with Crippen LogP contribution in [-0.2, 0) is 16.6 Å². The number of amides is 1. The van der Waals surface area contributed by atoms with Crippen molar-refractivity contribution in [2.75, 3.05) is 32.0 Å². The van der Waals surface area contributed by atoms with E-state index in [-0.39, 0.29) is 33.9 Å². The Kier molecular flexibility index (Phi) is 6.21. The van der Waals surface area contributed by atoms with Gasteiger partial charge in [0.05, 0.1) is 19.1 Å². The first-order chi connectivity index (χ1) is 17.3. The average molecular weight is 510 g/mol. The number of nitrogens with zero attached hydrogens (tertiary/aromatic N) is 2. The van der Waals surface area contributed by atoms with Gasteiger partial charge in [0.1, 0.15) is 17.2 Å². The van der Waals surface area contributed by atoms with Crippen molar-refractivity contribution in [3.8, 4) is 11.5 Å². The maximum absolute atomic E-state index is 13.3. The second-order valence-electron chi connectivity index (χ2n) is 9.11. The molecule has 36 heavy (non-hydrogen) atoms. The molecule has 0 unspecified atom stereocenters. The fourth-order valence-electron chi connectivity index (χ4n) is 5.06. The van der Waals surface area contributed by atoms with E-state index in [4.69, 9.17) is 9.47 Å². The molecule has 1 saturated heterocycles. The second-order valence-corrected chi connectivity index (χ2v) is 10.8. The highest BCUT2D eigenvalue weighted by Gasteiger charge is 2.37. The van der Waals surface area contributed by atoms with Crippen molar-refractivity contribution in [2.45, 2.75) is 23.8 Å². The Hall–Kier alpha value is -3.79. The summed E-state index contributed by atoms with van der Waals surface area (Å²) in [4.78, 5) is 28.3. The Morgan fingerprint density at radius 3 is 2.17 bits per heavy atom. The van der Waals surface area contributed by atoms with Crippen LogP contribution in [0, 0.1) is 5.92 Å². The Bertz CT molecular complexity index is 1450. The summed E-state index contributed by atoms with van der Waals surface area (Å²) in [5.74, 6) is 1.28. The predicted octanol–water partition coefficient (Wildman–Crippen LogP) is 2.93. The van der Waals surface area contributed by atoms with Crippen LogP contribution in [0.1, 0.15) is 28.4 Å². The molecule has 9 nitrogen and oxygen atoms in total. The number of rotatable bonds is 6. The highest BCUT2D eigenvalue weighted by Crippen LogP contribution is 2.36. The average Bonchev–Trinajstić information content (AvgIpc) is 2.90. The van der Waals surface area contributed by atoms with E-state index >= 15 is 0 Å². The van der Waals surface area contributed by atoms with E-state index in [0.29, 0.717) is 36.7 Å². The fourth-order valence-corrected chi connectivity index (χ4v) is 6.12. The minimum atomic E-state index is -3.94. The molecule has 0 aliphatic carbocycles. The number of likely N-dealkylation sites (tertiary alicyclic amines) is 1. The quantitative estimate of drug-likeness (QED) is 0.548. The standard InChI is InChI=1S/C26H27N3O6S/c1-34-20-5-3-18(4-6-20)25(30)28-14-17-13-19(16-28)24-12-11-23(26(31)29(24)15-17)27-36(32,33)22-9-7-21(35-2)8-10-22/h3-12,17,19,27H,13-16H2,1-2H3/t17-,19+/m0/s1. The van der Waals surface area contributed by atoms with Crippen molar-refractivity contribution in [3.63, 3.8) is 0 Å². The van der Waals surface area contributed by atoms with Crippen molar-refractivity contribution in [2.24, 2.45) is 5.92 Å². The number of fused-ring (bicyclic) bond motifs is 4. The number of benzene rings is 2. The van der Waals surface area contributed by atoms with E-state index in [0.717, 1.165) is 12.1 Å². The molecule has 2 bridgehead atoms. The topological polar surface area (TPSA) is 107 Å². The minimum Gasteiger partial charge on any atom is -0.497 e. The lowest BCUT2D eigenvalue weighted by atomic mass is 9.83. The first-order valence-corrected chi connectivity index (χ1v) is 13.1. The van der Waals surface area contributed by atoms with Gasteiger partial charge in [-0.3, -0.25) is 14.3 Å². The predicted molar refractivity (Wildman–Crippen MR) is 134 cm³/mol. The summed E-state index contributed by atoms with van der Waals surface area (Å²) in [6.45, 7) is 1.46. The van der Waals surface area contributed by atoms with Crippen LogP contribution >= 0.6 is 0 Å². The van der Waals surface area contributed by atoms with Crippen LogP contribution in [0.3, 0.4) is 0 Å². The van der Waals surface area contributed by atoms with Gasteiger partial charge in [0.15, 0.2) is 0 Å². The maximum atomic E-state index is 13.3. The Balaban J connectivity index is 1.37. The molecule has 2 atom stereocenters. The summed E-state index contributed by atoms with van der Waals surface area (Å²) in [6, 6.07) is 16.3. The Labute approximate surface area is 209 Å².